The number of aliphatic imine (C=N–C) groups is 1. The van der Waals surface area contributed by atoms with Gasteiger partial charge in [-0.3, -0.25) is 0 Å². The van der Waals surface area contributed by atoms with E-state index >= 15 is 0 Å². The maximum absolute atomic E-state index is 14.5. The topological polar surface area (TPSA) is 60.3 Å². The summed E-state index contributed by atoms with van der Waals surface area (Å²) in [7, 11) is 0. The fourth-order valence-corrected chi connectivity index (χ4v) is 3.24. The second-order valence-corrected chi connectivity index (χ2v) is 6.44. The van der Waals surface area contributed by atoms with E-state index < -0.39 is 0 Å². The molecule has 0 bridgehead atoms. The van der Waals surface area contributed by atoms with Gasteiger partial charge in [0.2, 0.25) is 0 Å². The van der Waals surface area contributed by atoms with Crippen LogP contribution in [0.5, 0.6) is 0 Å². The van der Waals surface area contributed by atoms with E-state index in [1.165, 1.54) is 0 Å². The van der Waals surface area contributed by atoms with E-state index in [1.807, 2.05) is 28.9 Å². The molecule has 3 rings (SSSR count). The molecule has 0 amide bonds. The molecule has 6 nitrogen and oxygen atoms in total. The second kappa shape index (κ2) is 8.49. The molecule has 0 unspecified atom stereocenters. The van der Waals surface area contributed by atoms with Crippen molar-refractivity contribution in [3.63, 3.8) is 0 Å². The summed E-state index contributed by atoms with van der Waals surface area (Å²) in [6.45, 7) is 7.28. The van der Waals surface area contributed by atoms with Crippen molar-refractivity contribution in [2.75, 3.05) is 50.8 Å². The number of likely N-dealkylation sites (tertiary alicyclic amines) is 1. The number of hydrogen-bond acceptors (Lipinski definition) is 4. The average Bonchev–Trinajstić information content (AvgIpc) is 3.06. The number of halogens is 1. The van der Waals surface area contributed by atoms with Crippen LogP contribution in [-0.4, -0.2) is 68.0 Å². The molecule has 25 heavy (non-hydrogen) atoms. The highest BCUT2D eigenvalue weighted by molar-refractivity contribution is 5.80. The van der Waals surface area contributed by atoms with Crippen LogP contribution in [-0.2, 0) is 11.3 Å². The first-order valence-corrected chi connectivity index (χ1v) is 9.00. The summed E-state index contributed by atoms with van der Waals surface area (Å²) < 4.78 is 19.8. The Balaban J connectivity index is 1.67. The fourth-order valence-electron chi connectivity index (χ4n) is 3.24. The first kappa shape index (κ1) is 17.9. The van der Waals surface area contributed by atoms with Crippen molar-refractivity contribution in [3.8, 4) is 0 Å². The van der Waals surface area contributed by atoms with Gasteiger partial charge >= 0.3 is 0 Å². The van der Waals surface area contributed by atoms with E-state index in [1.54, 1.807) is 6.07 Å². The smallest absolute Gasteiger partial charge is 0.194 e. The molecule has 2 saturated heterocycles. The average molecular weight is 350 g/mol. The van der Waals surface area contributed by atoms with Crippen molar-refractivity contribution in [2.45, 2.75) is 26.0 Å². The molecule has 0 spiro atoms. The maximum atomic E-state index is 14.5. The van der Waals surface area contributed by atoms with Crippen molar-refractivity contribution in [2.24, 2.45) is 4.99 Å². The number of morpholine rings is 1. The number of nitrogens with zero attached hydrogens (tertiary/aromatic N) is 3. The third-order valence-electron chi connectivity index (χ3n) is 4.57. The van der Waals surface area contributed by atoms with Crippen LogP contribution in [0.2, 0.25) is 0 Å². The Bertz CT molecular complexity index is 605. The summed E-state index contributed by atoms with van der Waals surface area (Å²) in [6, 6.07) is 5.33. The minimum Gasteiger partial charge on any atom is -0.391 e. The molecule has 2 aliphatic heterocycles. The minimum absolute atomic E-state index is 0.212. The van der Waals surface area contributed by atoms with Gasteiger partial charge in [-0.05, 0) is 31.0 Å². The van der Waals surface area contributed by atoms with Crippen LogP contribution in [0.15, 0.2) is 23.2 Å². The van der Waals surface area contributed by atoms with Gasteiger partial charge in [-0.25, -0.2) is 9.38 Å². The number of nitrogens with one attached hydrogen (secondary N) is 1. The molecule has 7 heteroatoms. The van der Waals surface area contributed by atoms with E-state index in [-0.39, 0.29) is 11.9 Å². The Kier molecular flexibility index (Phi) is 6.09. The van der Waals surface area contributed by atoms with Gasteiger partial charge in [0.25, 0.3) is 0 Å². The Morgan fingerprint density at radius 2 is 2.16 bits per heavy atom. The van der Waals surface area contributed by atoms with Gasteiger partial charge in [0.05, 0.1) is 31.5 Å². The molecule has 1 atom stereocenters. The number of benzene rings is 1. The fraction of sp³-hybridized carbons (Fsp3) is 0.611. The van der Waals surface area contributed by atoms with Crippen molar-refractivity contribution < 1.29 is 14.2 Å². The van der Waals surface area contributed by atoms with Crippen LogP contribution >= 0.6 is 0 Å². The summed E-state index contributed by atoms with van der Waals surface area (Å²) in [5, 5.41) is 12.9. The minimum atomic E-state index is -0.297. The van der Waals surface area contributed by atoms with Gasteiger partial charge in [0.1, 0.15) is 5.82 Å². The van der Waals surface area contributed by atoms with Crippen LogP contribution in [0.4, 0.5) is 10.1 Å². The Labute approximate surface area is 148 Å². The van der Waals surface area contributed by atoms with Crippen molar-refractivity contribution in [3.05, 3.63) is 29.6 Å². The molecule has 0 aromatic heterocycles. The SMILES string of the molecule is CCNC(=NCc1ccc(N2CCOCC2)c(F)c1)N1CC[C@@H](O)C1. The number of hydrogen-bond donors (Lipinski definition) is 2. The van der Waals surface area contributed by atoms with Crippen molar-refractivity contribution in [1.29, 1.82) is 0 Å². The molecule has 138 valence electrons. The van der Waals surface area contributed by atoms with Crippen LogP contribution < -0.4 is 10.2 Å². The van der Waals surface area contributed by atoms with E-state index in [0.29, 0.717) is 32.0 Å². The van der Waals surface area contributed by atoms with Crippen LogP contribution in [0.25, 0.3) is 0 Å². The zero-order valence-corrected chi connectivity index (χ0v) is 14.7. The Morgan fingerprint density at radius 3 is 2.80 bits per heavy atom. The number of guanidine groups is 1. The first-order chi connectivity index (χ1) is 12.2. The third-order valence-corrected chi connectivity index (χ3v) is 4.57. The lowest BCUT2D eigenvalue weighted by molar-refractivity contribution is 0.122. The van der Waals surface area contributed by atoms with E-state index in [9.17, 15) is 9.50 Å². The zero-order valence-electron chi connectivity index (χ0n) is 14.7. The highest BCUT2D eigenvalue weighted by atomic mass is 19.1. The molecule has 2 aliphatic rings. The summed E-state index contributed by atoms with van der Waals surface area (Å²) in [6.07, 6.45) is 0.460. The van der Waals surface area contributed by atoms with Crippen LogP contribution in [0.3, 0.4) is 0 Å². The Morgan fingerprint density at radius 1 is 1.36 bits per heavy atom. The zero-order chi connectivity index (χ0) is 17.6. The highest BCUT2D eigenvalue weighted by Crippen LogP contribution is 2.22. The number of ether oxygens (including phenoxy) is 1. The lowest BCUT2D eigenvalue weighted by Gasteiger charge is -2.29. The largest absolute Gasteiger partial charge is 0.391 e. The predicted octanol–water partition coefficient (Wildman–Crippen LogP) is 1.19. The molecule has 2 N–H and O–H groups in total. The van der Waals surface area contributed by atoms with E-state index in [0.717, 1.165) is 44.1 Å². The van der Waals surface area contributed by atoms with Crippen LogP contribution in [0, 0.1) is 5.82 Å². The normalized spacial score (nSPS) is 21.7. The third kappa shape index (κ3) is 4.61. The number of aliphatic hydroxyl groups is 1. The molecular formula is C18H27FN4O2. The van der Waals surface area contributed by atoms with Crippen molar-refractivity contribution >= 4 is 11.6 Å². The first-order valence-electron chi connectivity index (χ1n) is 9.00. The molecule has 1 aromatic rings. The van der Waals surface area contributed by atoms with Crippen LogP contribution in [0.1, 0.15) is 18.9 Å². The molecule has 0 radical (unpaired) electrons. The van der Waals surface area contributed by atoms with Gasteiger partial charge in [0.15, 0.2) is 5.96 Å². The maximum Gasteiger partial charge on any atom is 0.194 e. The lowest BCUT2D eigenvalue weighted by Crippen LogP contribution is -2.40. The summed E-state index contributed by atoms with van der Waals surface area (Å²) in [5.74, 6) is 0.563. The number of rotatable bonds is 4. The number of aliphatic hydroxyl groups excluding tert-OH is 1. The Hall–Kier alpha value is -1.86. The van der Waals surface area contributed by atoms with Crippen molar-refractivity contribution in [1.82, 2.24) is 10.2 Å². The standard InChI is InChI=1S/C18H27FN4O2/c1-2-20-18(23-6-5-15(24)13-23)21-12-14-3-4-17(16(19)11-14)22-7-9-25-10-8-22/h3-4,11,15,24H,2,5-10,12-13H2,1H3,(H,20,21)/t15-/m1/s1. The van der Waals surface area contributed by atoms with Gasteiger partial charge in [-0.15, -0.1) is 0 Å². The van der Waals surface area contributed by atoms with E-state index in [2.05, 4.69) is 10.3 Å². The molecule has 0 saturated carbocycles. The molecular weight excluding hydrogens is 323 g/mol. The van der Waals surface area contributed by atoms with Gasteiger partial charge in [-0.2, -0.15) is 0 Å². The monoisotopic (exact) mass is 350 g/mol. The van der Waals surface area contributed by atoms with Gasteiger partial charge in [-0.1, -0.05) is 6.07 Å². The molecule has 1 aromatic carbocycles. The lowest BCUT2D eigenvalue weighted by atomic mass is 10.1. The quantitative estimate of drug-likeness (QED) is 0.631. The molecule has 2 fully saturated rings. The summed E-state index contributed by atoms with van der Waals surface area (Å²) in [5.41, 5.74) is 1.47. The van der Waals surface area contributed by atoms with Gasteiger partial charge in [0, 0.05) is 32.7 Å². The number of β-amino-alcohol motifs (C(OH)–C–C–N with tert-alkyl or cyclic N) is 1. The van der Waals surface area contributed by atoms with Gasteiger partial charge < -0.3 is 25.0 Å². The summed E-state index contributed by atoms with van der Waals surface area (Å²) >= 11 is 0. The predicted molar refractivity (Wildman–Crippen MR) is 96.4 cm³/mol. The highest BCUT2D eigenvalue weighted by Gasteiger charge is 2.22. The molecule has 2 heterocycles. The second-order valence-electron chi connectivity index (χ2n) is 6.44. The number of anilines is 1. The molecule has 0 aliphatic carbocycles. The summed E-state index contributed by atoms with van der Waals surface area (Å²) in [4.78, 5) is 8.67. The van der Waals surface area contributed by atoms with E-state index in [4.69, 9.17) is 4.74 Å².